The Hall–Kier alpha value is -3.29. The molecule has 4 rings (SSSR count). The van der Waals surface area contributed by atoms with Crippen LogP contribution in [0.4, 0.5) is 5.82 Å². The van der Waals surface area contributed by atoms with Gasteiger partial charge in [-0.05, 0) is 32.4 Å². The van der Waals surface area contributed by atoms with Crippen LogP contribution in [0.5, 0.6) is 0 Å². The molecule has 0 aromatic carbocycles. The van der Waals surface area contributed by atoms with Gasteiger partial charge in [0.05, 0.1) is 17.9 Å². The summed E-state index contributed by atoms with van der Waals surface area (Å²) in [6.45, 7) is 7.13. The van der Waals surface area contributed by atoms with Crippen molar-refractivity contribution in [3.05, 3.63) is 52.8 Å². The van der Waals surface area contributed by atoms with E-state index in [1.54, 1.807) is 24.2 Å². The van der Waals surface area contributed by atoms with Crippen molar-refractivity contribution in [3.8, 4) is 11.4 Å². The standard InChI is InChI=1S/C20H22N6O2/c1-12-17(13(2)28-25-12)10-22-20-16-6-8-26(14(3)27)11-18(16)23-19(24-20)15-5-4-7-21-9-15/h4-5,7,9H,6,8,10-11H2,1-3H3,(H,22,23,24). The second-order valence-electron chi connectivity index (χ2n) is 6.91. The molecule has 0 fully saturated rings. The van der Waals surface area contributed by atoms with Gasteiger partial charge in [0, 0.05) is 49.1 Å². The second-order valence-corrected chi connectivity index (χ2v) is 6.91. The van der Waals surface area contributed by atoms with Crippen molar-refractivity contribution in [2.45, 2.75) is 40.3 Å². The molecular weight excluding hydrogens is 356 g/mol. The summed E-state index contributed by atoms with van der Waals surface area (Å²) >= 11 is 0. The Balaban J connectivity index is 1.72. The summed E-state index contributed by atoms with van der Waals surface area (Å²) in [6, 6.07) is 3.79. The van der Waals surface area contributed by atoms with Gasteiger partial charge in [-0.3, -0.25) is 9.78 Å². The summed E-state index contributed by atoms with van der Waals surface area (Å²) in [6.07, 6.45) is 4.17. The van der Waals surface area contributed by atoms with Crippen molar-refractivity contribution in [1.82, 2.24) is 25.0 Å². The van der Waals surface area contributed by atoms with Gasteiger partial charge in [-0.1, -0.05) is 5.16 Å². The Bertz CT molecular complexity index is 996. The summed E-state index contributed by atoms with van der Waals surface area (Å²) in [5.74, 6) is 2.23. The van der Waals surface area contributed by atoms with Gasteiger partial charge in [-0.25, -0.2) is 9.97 Å². The van der Waals surface area contributed by atoms with Crippen molar-refractivity contribution >= 4 is 11.7 Å². The third-order valence-electron chi connectivity index (χ3n) is 5.04. The number of amides is 1. The van der Waals surface area contributed by atoms with Crippen LogP contribution in [0.1, 0.15) is 35.2 Å². The number of carbonyl (C=O) groups is 1. The Labute approximate surface area is 163 Å². The normalized spacial score (nSPS) is 13.3. The maximum atomic E-state index is 11.8. The molecule has 4 heterocycles. The van der Waals surface area contributed by atoms with Crippen molar-refractivity contribution in [2.24, 2.45) is 0 Å². The molecular formula is C20H22N6O2. The number of hydrogen-bond donors (Lipinski definition) is 1. The van der Waals surface area contributed by atoms with Gasteiger partial charge in [0.25, 0.3) is 0 Å². The number of aromatic nitrogens is 4. The predicted molar refractivity (Wildman–Crippen MR) is 103 cm³/mol. The highest BCUT2D eigenvalue weighted by Gasteiger charge is 2.24. The van der Waals surface area contributed by atoms with Crippen molar-refractivity contribution in [1.29, 1.82) is 0 Å². The molecule has 1 N–H and O–H groups in total. The van der Waals surface area contributed by atoms with Crippen LogP contribution in [-0.2, 0) is 24.3 Å². The van der Waals surface area contributed by atoms with Crippen molar-refractivity contribution < 1.29 is 9.32 Å². The van der Waals surface area contributed by atoms with E-state index in [9.17, 15) is 4.79 Å². The molecule has 8 heteroatoms. The summed E-state index contributed by atoms with van der Waals surface area (Å²) in [7, 11) is 0. The molecule has 0 saturated carbocycles. The van der Waals surface area contributed by atoms with Crippen LogP contribution in [0.2, 0.25) is 0 Å². The van der Waals surface area contributed by atoms with Crippen molar-refractivity contribution in [3.63, 3.8) is 0 Å². The second kappa shape index (κ2) is 7.38. The number of hydrogen-bond acceptors (Lipinski definition) is 7. The average molecular weight is 378 g/mol. The van der Waals surface area contributed by atoms with Gasteiger partial charge in [0.1, 0.15) is 11.6 Å². The van der Waals surface area contributed by atoms with Crippen LogP contribution < -0.4 is 5.32 Å². The zero-order valence-corrected chi connectivity index (χ0v) is 16.2. The fourth-order valence-corrected chi connectivity index (χ4v) is 3.40. The minimum Gasteiger partial charge on any atom is -0.365 e. The number of fused-ring (bicyclic) bond motifs is 1. The molecule has 3 aromatic rings. The van der Waals surface area contributed by atoms with Crippen LogP contribution in [0.25, 0.3) is 11.4 Å². The molecule has 0 unspecified atom stereocenters. The minimum atomic E-state index is 0.0532. The highest BCUT2D eigenvalue weighted by Crippen LogP contribution is 2.28. The Morgan fingerprint density at radius 1 is 1.32 bits per heavy atom. The number of carbonyl (C=O) groups excluding carboxylic acids is 1. The third-order valence-corrected chi connectivity index (χ3v) is 5.04. The smallest absolute Gasteiger partial charge is 0.219 e. The van der Waals surface area contributed by atoms with E-state index in [-0.39, 0.29) is 5.91 Å². The number of rotatable bonds is 4. The zero-order valence-electron chi connectivity index (χ0n) is 16.2. The van der Waals surface area contributed by atoms with Crippen LogP contribution in [0, 0.1) is 13.8 Å². The quantitative estimate of drug-likeness (QED) is 0.745. The van der Waals surface area contributed by atoms with E-state index in [0.29, 0.717) is 31.9 Å². The van der Waals surface area contributed by atoms with Crippen LogP contribution >= 0.6 is 0 Å². The molecule has 1 aliphatic rings. The maximum Gasteiger partial charge on any atom is 0.219 e. The molecule has 0 atom stereocenters. The Kier molecular flexibility index (Phi) is 4.77. The van der Waals surface area contributed by atoms with Crippen LogP contribution in [0.15, 0.2) is 29.0 Å². The summed E-state index contributed by atoms with van der Waals surface area (Å²) in [4.78, 5) is 27.3. The van der Waals surface area contributed by atoms with E-state index in [1.807, 2.05) is 26.0 Å². The number of nitrogens with one attached hydrogen (secondary N) is 1. The summed E-state index contributed by atoms with van der Waals surface area (Å²) in [5, 5.41) is 7.45. The first-order valence-corrected chi connectivity index (χ1v) is 9.24. The number of anilines is 1. The first-order valence-electron chi connectivity index (χ1n) is 9.24. The fraction of sp³-hybridized carbons (Fsp3) is 0.350. The lowest BCUT2D eigenvalue weighted by atomic mass is 10.0. The Morgan fingerprint density at radius 2 is 2.18 bits per heavy atom. The molecule has 144 valence electrons. The number of nitrogens with zero attached hydrogens (tertiary/aromatic N) is 5. The lowest BCUT2D eigenvalue weighted by molar-refractivity contribution is -0.129. The molecule has 0 radical (unpaired) electrons. The number of pyridine rings is 1. The lowest BCUT2D eigenvalue weighted by Crippen LogP contribution is -2.35. The monoisotopic (exact) mass is 378 g/mol. The van der Waals surface area contributed by atoms with Crippen molar-refractivity contribution in [2.75, 3.05) is 11.9 Å². The van der Waals surface area contributed by atoms with Gasteiger partial charge in [-0.2, -0.15) is 0 Å². The Morgan fingerprint density at radius 3 is 2.86 bits per heavy atom. The lowest BCUT2D eigenvalue weighted by Gasteiger charge is -2.28. The fourth-order valence-electron chi connectivity index (χ4n) is 3.40. The molecule has 0 saturated heterocycles. The van der Waals surface area contributed by atoms with E-state index in [4.69, 9.17) is 14.5 Å². The molecule has 0 aliphatic carbocycles. The molecule has 1 amide bonds. The van der Waals surface area contributed by atoms with Gasteiger partial charge >= 0.3 is 0 Å². The van der Waals surface area contributed by atoms with Crippen LogP contribution in [-0.4, -0.2) is 37.5 Å². The van der Waals surface area contributed by atoms with E-state index < -0.39 is 0 Å². The first-order chi connectivity index (χ1) is 13.5. The van der Waals surface area contributed by atoms with E-state index in [1.165, 1.54) is 0 Å². The van der Waals surface area contributed by atoms with E-state index >= 15 is 0 Å². The zero-order chi connectivity index (χ0) is 19.7. The number of aryl methyl sites for hydroxylation is 2. The molecule has 0 bridgehead atoms. The topological polar surface area (TPSA) is 97.0 Å². The largest absolute Gasteiger partial charge is 0.365 e. The maximum absolute atomic E-state index is 11.8. The molecule has 1 aliphatic heterocycles. The summed E-state index contributed by atoms with van der Waals surface area (Å²) < 4.78 is 5.25. The van der Waals surface area contributed by atoms with Gasteiger partial charge in [-0.15, -0.1) is 0 Å². The molecule has 0 spiro atoms. The van der Waals surface area contributed by atoms with E-state index in [0.717, 1.165) is 39.7 Å². The summed E-state index contributed by atoms with van der Waals surface area (Å²) in [5.41, 5.74) is 4.65. The van der Waals surface area contributed by atoms with Gasteiger partial charge in [0.15, 0.2) is 5.82 Å². The highest BCUT2D eigenvalue weighted by molar-refractivity contribution is 5.74. The molecule has 8 nitrogen and oxygen atoms in total. The highest BCUT2D eigenvalue weighted by atomic mass is 16.5. The molecule has 28 heavy (non-hydrogen) atoms. The molecule has 3 aromatic heterocycles. The first kappa shape index (κ1) is 18.1. The van der Waals surface area contributed by atoms with E-state index in [2.05, 4.69) is 15.5 Å². The SMILES string of the molecule is CC(=O)N1CCc2c(nc(-c3cccnc3)nc2NCc2c(C)noc2C)C1. The minimum absolute atomic E-state index is 0.0532. The third kappa shape index (κ3) is 3.45. The van der Waals surface area contributed by atoms with Gasteiger partial charge < -0.3 is 14.7 Å². The van der Waals surface area contributed by atoms with Gasteiger partial charge in [0.2, 0.25) is 5.91 Å². The predicted octanol–water partition coefficient (Wildman–Crippen LogP) is 2.66. The van der Waals surface area contributed by atoms with Crippen LogP contribution in [0.3, 0.4) is 0 Å². The average Bonchev–Trinajstić information content (AvgIpc) is 3.03.